The van der Waals surface area contributed by atoms with Crippen molar-refractivity contribution in [1.29, 1.82) is 0 Å². The number of benzene rings is 1. The zero-order chi connectivity index (χ0) is 18.6. The van der Waals surface area contributed by atoms with Crippen LogP contribution in [-0.2, 0) is 19.4 Å². The Hall–Kier alpha value is -3.06. The van der Waals surface area contributed by atoms with Crippen LogP contribution in [0.4, 0.5) is 5.95 Å². The van der Waals surface area contributed by atoms with Gasteiger partial charge in [-0.15, -0.1) is 11.3 Å². The molecular weight excluding hydrogens is 358 g/mol. The number of carbonyl (C=O) groups is 1. The maximum atomic E-state index is 12.6. The number of hydrogen-bond donors (Lipinski definition) is 1. The second-order valence-corrected chi connectivity index (χ2v) is 7.02. The van der Waals surface area contributed by atoms with Crippen LogP contribution in [0.1, 0.15) is 28.1 Å². The van der Waals surface area contributed by atoms with Crippen LogP contribution in [0.5, 0.6) is 0 Å². The summed E-state index contributed by atoms with van der Waals surface area (Å²) in [7, 11) is 0. The van der Waals surface area contributed by atoms with E-state index >= 15 is 0 Å². The summed E-state index contributed by atoms with van der Waals surface area (Å²) < 4.78 is 2.02. The van der Waals surface area contributed by atoms with Crippen molar-refractivity contribution >= 4 is 34.2 Å². The molecule has 0 saturated carbocycles. The smallest absolute Gasteiger partial charge is 0.277 e. The van der Waals surface area contributed by atoms with Gasteiger partial charge in [0.25, 0.3) is 5.91 Å². The van der Waals surface area contributed by atoms with Crippen LogP contribution in [0.25, 0.3) is 11.0 Å². The number of anilines is 1. The summed E-state index contributed by atoms with van der Waals surface area (Å²) in [6, 6.07) is 13.7. The van der Waals surface area contributed by atoms with Gasteiger partial charge in [0.1, 0.15) is 5.69 Å². The zero-order valence-electron chi connectivity index (χ0n) is 14.9. The molecule has 6 nitrogen and oxygen atoms in total. The summed E-state index contributed by atoms with van der Waals surface area (Å²) >= 11 is 1.50. The highest BCUT2D eigenvalue weighted by atomic mass is 32.1. The van der Waals surface area contributed by atoms with Gasteiger partial charge in [0.05, 0.1) is 16.0 Å². The molecule has 136 valence electrons. The Morgan fingerprint density at radius 2 is 2.00 bits per heavy atom. The highest BCUT2D eigenvalue weighted by molar-refractivity contribution is 7.09. The molecule has 0 radical (unpaired) electrons. The Labute approximate surface area is 160 Å². The van der Waals surface area contributed by atoms with E-state index in [0.717, 1.165) is 34.6 Å². The number of thiazole rings is 1. The largest absolute Gasteiger partial charge is 0.310 e. The molecule has 1 aromatic carbocycles. The summed E-state index contributed by atoms with van der Waals surface area (Å²) in [5.41, 5.74) is 3.26. The molecule has 0 aliphatic heterocycles. The lowest BCUT2D eigenvalue weighted by Crippen LogP contribution is -2.17. The quantitative estimate of drug-likeness (QED) is 0.552. The van der Waals surface area contributed by atoms with Crippen LogP contribution < -0.4 is 5.32 Å². The van der Waals surface area contributed by atoms with E-state index < -0.39 is 0 Å². The molecule has 4 rings (SSSR count). The minimum Gasteiger partial charge on any atom is -0.310 e. The van der Waals surface area contributed by atoms with Gasteiger partial charge in [-0.2, -0.15) is 0 Å². The molecule has 1 amide bonds. The molecule has 0 atom stereocenters. The number of aromatic nitrogens is 4. The first-order valence-electron chi connectivity index (χ1n) is 8.85. The van der Waals surface area contributed by atoms with Crippen molar-refractivity contribution in [2.45, 2.75) is 26.3 Å². The van der Waals surface area contributed by atoms with E-state index in [1.165, 1.54) is 11.3 Å². The topological polar surface area (TPSA) is 72.7 Å². The predicted molar refractivity (Wildman–Crippen MR) is 107 cm³/mol. The molecule has 0 aliphatic rings. The molecule has 0 aliphatic carbocycles. The summed E-state index contributed by atoms with van der Waals surface area (Å²) in [6.07, 6.45) is 3.36. The number of amides is 1. The third-order valence-corrected chi connectivity index (χ3v) is 5.28. The fraction of sp³-hybridized carbons (Fsp3) is 0.200. The van der Waals surface area contributed by atoms with Gasteiger partial charge in [0, 0.05) is 30.2 Å². The molecule has 3 aromatic heterocycles. The number of fused-ring (bicyclic) bond motifs is 1. The number of nitrogens with zero attached hydrogens (tertiary/aromatic N) is 4. The highest BCUT2D eigenvalue weighted by Gasteiger charge is 2.16. The van der Waals surface area contributed by atoms with Crippen molar-refractivity contribution in [3.05, 3.63) is 70.4 Å². The minimum absolute atomic E-state index is 0.236. The van der Waals surface area contributed by atoms with E-state index in [1.807, 2.05) is 54.0 Å². The van der Waals surface area contributed by atoms with Crippen LogP contribution in [-0.4, -0.2) is 25.4 Å². The van der Waals surface area contributed by atoms with Crippen molar-refractivity contribution in [2.75, 3.05) is 5.32 Å². The average Bonchev–Trinajstić information content (AvgIpc) is 3.32. The van der Waals surface area contributed by atoms with Crippen molar-refractivity contribution in [2.24, 2.45) is 0 Å². The van der Waals surface area contributed by atoms with Gasteiger partial charge >= 0.3 is 0 Å². The fourth-order valence-corrected chi connectivity index (χ4v) is 3.64. The lowest BCUT2D eigenvalue weighted by molar-refractivity contribution is 0.102. The normalized spacial score (nSPS) is 11.0. The summed E-state index contributed by atoms with van der Waals surface area (Å²) in [5.74, 6) is 0.295. The molecule has 0 spiro atoms. The van der Waals surface area contributed by atoms with Gasteiger partial charge in [-0.05, 0) is 30.7 Å². The van der Waals surface area contributed by atoms with Crippen LogP contribution in [0.2, 0.25) is 0 Å². The van der Waals surface area contributed by atoms with Gasteiger partial charge in [-0.25, -0.2) is 9.97 Å². The lowest BCUT2D eigenvalue weighted by atomic mass is 10.2. The van der Waals surface area contributed by atoms with Gasteiger partial charge in [0.2, 0.25) is 5.95 Å². The van der Waals surface area contributed by atoms with Crippen LogP contribution >= 0.6 is 11.3 Å². The van der Waals surface area contributed by atoms with E-state index in [4.69, 9.17) is 0 Å². The average molecular weight is 377 g/mol. The van der Waals surface area contributed by atoms with Gasteiger partial charge in [0.15, 0.2) is 0 Å². The third kappa shape index (κ3) is 3.73. The standard InChI is InChI=1S/C20H19N5OS/c1-2-18-22-16(13-27-18)19(26)24-20-23-15-8-3-4-9-17(15)25(20)12-10-14-7-5-6-11-21-14/h3-9,11,13H,2,10,12H2,1H3,(H,23,24,26). The molecule has 0 fully saturated rings. The molecule has 0 bridgehead atoms. The fourth-order valence-electron chi connectivity index (χ4n) is 2.91. The molecule has 7 heteroatoms. The SMILES string of the molecule is CCc1nc(C(=O)Nc2nc3ccccc3n2CCc2ccccn2)cs1. The Morgan fingerprint density at radius 1 is 1.15 bits per heavy atom. The first kappa shape index (κ1) is 17.4. The van der Waals surface area contributed by atoms with E-state index in [-0.39, 0.29) is 5.91 Å². The Balaban J connectivity index is 1.62. The van der Waals surface area contributed by atoms with E-state index in [1.54, 1.807) is 11.6 Å². The molecule has 0 unspecified atom stereocenters. The highest BCUT2D eigenvalue weighted by Crippen LogP contribution is 2.21. The van der Waals surface area contributed by atoms with E-state index in [9.17, 15) is 4.79 Å². The number of imidazole rings is 1. The van der Waals surface area contributed by atoms with Crippen LogP contribution in [0, 0.1) is 0 Å². The predicted octanol–water partition coefficient (Wildman–Crippen LogP) is 3.95. The number of rotatable bonds is 6. The maximum absolute atomic E-state index is 12.6. The number of para-hydroxylation sites is 2. The molecule has 27 heavy (non-hydrogen) atoms. The van der Waals surface area contributed by atoms with Gasteiger partial charge < -0.3 is 4.57 Å². The lowest BCUT2D eigenvalue weighted by Gasteiger charge is -2.09. The maximum Gasteiger partial charge on any atom is 0.277 e. The molecule has 0 saturated heterocycles. The molecule has 1 N–H and O–H groups in total. The van der Waals surface area contributed by atoms with E-state index in [2.05, 4.69) is 20.3 Å². The van der Waals surface area contributed by atoms with E-state index in [0.29, 0.717) is 18.2 Å². The Bertz CT molecular complexity index is 1070. The molecule has 3 heterocycles. The number of carbonyl (C=O) groups excluding carboxylic acids is 1. The second-order valence-electron chi connectivity index (χ2n) is 6.08. The number of nitrogens with one attached hydrogen (secondary N) is 1. The van der Waals surface area contributed by atoms with Gasteiger partial charge in [-0.1, -0.05) is 25.1 Å². The van der Waals surface area contributed by atoms with Crippen LogP contribution in [0.15, 0.2) is 54.0 Å². The molecular formula is C20H19N5OS. The van der Waals surface area contributed by atoms with Crippen molar-refractivity contribution < 1.29 is 4.79 Å². The number of pyridine rings is 1. The Morgan fingerprint density at radius 3 is 2.78 bits per heavy atom. The monoisotopic (exact) mass is 377 g/mol. The van der Waals surface area contributed by atoms with Gasteiger partial charge in [-0.3, -0.25) is 15.1 Å². The van der Waals surface area contributed by atoms with Crippen LogP contribution in [0.3, 0.4) is 0 Å². The zero-order valence-corrected chi connectivity index (χ0v) is 15.7. The summed E-state index contributed by atoms with van der Waals surface area (Å²) in [4.78, 5) is 26.0. The molecule has 4 aromatic rings. The van der Waals surface area contributed by atoms with Crippen molar-refractivity contribution in [3.63, 3.8) is 0 Å². The minimum atomic E-state index is -0.236. The third-order valence-electron chi connectivity index (χ3n) is 4.28. The number of aryl methyl sites for hydroxylation is 3. The Kier molecular flexibility index (Phi) is 4.93. The first-order valence-corrected chi connectivity index (χ1v) is 9.73. The van der Waals surface area contributed by atoms with Crippen molar-refractivity contribution in [1.82, 2.24) is 19.5 Å². The summed E-state index contributed by atoms with van der Waals surface area (Å²) in [5, 5.41) is 5.66. The van der Waals surface area contributed by atoms with Crippen molar-refractivity contribution in [3.8, 4) is 0 Å². The summed E-state index contributed by atoms with van der Waals surface area (Å²) in [6.45, 7) is 2.70. The second kappa shape index (κ2) is 7.67. The first-order chi connectivity index (χ1) is 13.2. The number of hydrogen-bond acceptors (Lipinski definition) is 5.